The van der Waals surface area contributed by atoms with E-state index >= 15 is 0 Å². The number of nitrogens with zero attached hydrogens (tertiary/aromatic N) is 2. The first-order valence-corrected chi connectivity index (χ1v) is 10.9. The van der Waals surface area contributed by atoms with Gasteiger partial charge in [0.05, 0.1) is 26.4 Å². The molecule has 1 unspecified atom stereocenters. The third kappa shape index (κ3) is 6.75. The van der Waals surface area contributed by atoms with E-state index in [1.54, 1.807) is 7.11 Å². The molecule has 0 bridgehead atoms. The van der Waals surface area contributed by atoms with E-state index in [1.807, 2.05) is 7.05 Å². The monoisotopic (exact) mass is 400 g/mol. The van der Waals surface area contributed by atoms with Gasteiger partial charge in [-0.3, -0.25) is 9.89 Å². The van der Waals surface area contributed by atoms with Crippen LogP contribution < -0.4 is 15.4 Å². The number of benzene rings is 1. The van der Waals surface area contributed by atoms with Crippen LogP contribution in [0.5, 0.6) is 5.75 Å². The second-order valence-electron chi connectivity index (χ2n) is 7.70. The molecule has 0 radical (unpaired) electrons. The van der Waals surface area contributed by atoms with Crippen LogP contribution in [0.15, 0.2) is 40.9 Å². The van der Waals surface area contributed by atoms with Crippen molar-refractivity contribution < 1.29 is 9.47 Å². The topological polar surface area (TPSA) is 58.1 Å². The molecule has 2 heterocycles. The van der Waals surface area contributed by atoms with Crippen molar-refractivity contribution in [2.45, 2.75) is 38.1 Å². The zero-order chi connectivity index (χ0) is 20.3. The van der Waals surface area contributed by atoms with Gasteiger partial charge in [0.1, 0.15) is 5.75 Å². The fourth-order valence-electron chi connectivity index (χ4n) is 4.06. The number of methoxy groups -OCH3 is 1. The molecule has 3 rings (SSSR count). The summed E-state index contributed by atoms with van der Waals surface area (Å²) in [4.78, 5) is 7.02. The zero-order valence-electron chi connectivity index (χ0n) is 18.0. The fraction of sp³-hybridized carbons (Fsp3) is 0.609. The Kier molecular flexibility index (Phi) is 8.83. The summed E-state index contributed by atoms with van der Waals surface area (Å²) in [6.07, 6.45) is 8.18. The van der Waals surface area contributed by atoms with Crippen LogP contribution in [0.4, 0.5) is 0 Å². The van der Waals surface area contributed by atoms with Crippen molar-refractivity contribution in [1.82, 2.24) is 15.5 Å². The minimum atomic E-state index is 0.331. The summed E-state index contributed by atoms with van der Waals surface area (Å²) in [6, 6.07) is 8.82. The fourth-order valence-corrected chi connectivity index (χ4v) is 4.06. The number of hydrogen-bond donors (Lipinski definition) is 2. The second-order valence-corrected chi connectivity index (χ2v) is 7.70. The van der Waals surface area contributed by atoms with Crippen LogP contribution in [-0.2, 0) is 4.74 Å². The lowest BCUT2D eigenvalue weighted by Crippen LogP contribution is -2.44. The average Bonchev–Trinajstić information content (AvgIpc) is 2.80. The van der Waals surface area contributed by atoms with Gasteiger partial charge in [-0.2, -0.15) is 0 Å². The quantitative estimate of drug-likeness (QED) is 0.399. The normalized spacial score (nSPS) is 19.4. The van der Waals surface area contributed by atoms with Crippen molar-refractivity contribution in [3.05, 3.63) is 41.5 Å². The van der Waals surface area contributed by atoms with Crippen molar-refractivity contribution >= 4 is 5.96 Å². The predicted octanol–water partition coefficient (Wildman–Crippen LogP) is 3.12. The van der Waals surface area contributed by atoms with Crippen LogP contribution in [0, 0.1) is 0 Å². The first-order chi connectivity index (χ1) is 14.3. The molecule has 29 heavy (non-hydrogen) atoms. The number of rotatable bonds is 8. The van der Waals surface area contributed by atoms with Crippen LogP contribution in [0.3, 0.4) is 0 Å². The summed E-state index contributed by atoms with van der Waals surface area (Å²) in [5.74, 6) is 1.77. The number of nitrogens with one attached hydrogen (secondary N) is 2. The first kappa shape index (κ1) is 21.7. The van der Waals surface area contributed by atoms with Gasteiger partial charge in [-0.25, -0.2) is 0 Å². The molecule has 1 saturated heterocycles. The maximum atomic E-state index is 5.38. The van der Waals surface area contributed by atoms with E-state index in [2.05, 4.69) is 50.9 Å². The molecule has 1 fully saturated rings. The molecule has 1 aromatic carbocycles. The van der Waals surface area contributed by atoms with Gasteiger partial charge in [0.15, 0.2) is 5.96 Å². The van der Waals surface area contributed by atoms with Crippen molar-refractivity contribution in [2.24, 2.45) is 4.99 Å². The number of guanidine groups is 1. The van der Waals surface area contributed by atoms with Gasteiger partial charge in [-0.1, -0.05) is 30.2 Å². The van der Waals surface area contributed by atoms with Gasteiger partial charge in [-0.15, -0.1) is 0 Å². The molecule has 0 spiro atoms. The second kappa shape index (κ2) is 11.8. The molecule has 1 atom stereocenters. The lowest BCUT2D eigenvalue weighted by Gasteiger charge is -2.35. The largest absolute Gasteiger partial charge is 0.497 e. The summed E-state index contributed by atoms with van der Waals surface area (Å²) in [6.45, 7) is 5.63. The third-order valence-electron chi connectivity index (χ3n) is 5.81. The van der Waals surface area contributed by atoms with Gasteiger partial charge < -0.3 is 20.1 Å². The maximum Gasteiger partial charge on any atom is 0.191 e. The van der Waals surface area contributed by atoms with Gasteiger partial charge >= 0.3 is 0 Å². The molecule has 0 aromatic heterocycles. The Balaban J connectivity index is 1.56. The number of piperidine rings is 1. The molecule has 0 saturated carbocycles. The maximum absolute atomic E-state index is 5.38. The molecule has 6 heteroatoms. The van der Waals surface area contributed by atoms with E-state index in [4.69, 9.17) is 9.47 Å². The van der Waals surface area contributed by atoms with Crippen molar-refractivity contribution in [1.29, 1.82) is 0 Å². The highest BCUT2D eigenvalue weighted by Crippen LogP contribution is 2.25. The van der Waals surface area contributed by atoms with Gasteiger partial charge in [0.25, 0.3) is 0 Å². The summed E-state index contributed by atoms with van der Waals surface area (Å²) in [5.41, 5.74) is 2.80. The highest BCUT2D eigenvalue weighted by molar-refractivity contribution is 5.79. The van der Waals surface area contributed by atoms with Gasteiger partial charge in [-0.05, 0) is 56.5 Å². The Labute approximate surface area is 175 Å². The number of likely N-dealkylation sites (tertiary alicyclic amines) is 1. The summed E-state index contributed by atoms with van der Waals surface area (Å²) in [5, 5.41) is 7.02. The van der Waals surface area contributed by atoms with Gasteiger partial charge in [0.2, 0.25) is 0 Å². The molecule has 2 aliphatic rings. The summed E-state index contributed by atoms with van der Waals surface area (Å²) < 4.78 is 10.7. The number of ether oxygens (including phenoxy) is 2. The van der Waals surface area contributed by atoms with E-state index < -0.39 is 0 Å². The molecule has 0 aliphatic carbocycles. The lowest BCUT2D eigenvalue weighted by molar-refractivity contribution is 0.153. The molecule has 2 N–H and O–H groups in total. The Morgan fingerprint density at radius 2 is 1.97 bits per heavy atom. The van der Waals surface area contributed by atoms with E-state index in [0.717, 1.165) is 63.9 Å². The van der Waals surface area contributed by atoms with E-state index in [9.17, 15) is 0 Å². The third-order valence-corrected chi connectivity index (χ3v) is 5.81. The highest BCUT2D eigenvalue weighted by Gasteiger charge is 2.22. The summed E-state index contributed by atoms with van der Waals surface area (Å²) >= 11 is 0. The van der Waals surface area contributed by atoms with Crippen molar-refractivity contribution in [3.63, 3.8) is 0 Å². The molecular weight excluding hydrogens is 364 g/mol. The minimum absolute atomic E-state index is 0.331. The Bertz CT molecular complexity index is 666. The van der Waals surface area contributed by atoms with Crippen LogP contribution in [0.2, 0.25) is 0 Å². The van der Waals surface area contributed by atoms with Gasteiger partial charge in [0, 0.05) is 20.1 Å². The molecule has 6 nitrogen and oxygen atoms in total. The lowest BCUT2D eigenvalue weighted by atomic mass is 10.0. The Morgan fingerprint density at radius 3 is 2.62 bits per heavy atom. The van der Waals surface area contributed by atoms with E-state index in [-0.39, 0.29) is 0 Å². The van der Waals surface area contributed by atoms with Crippen LogP contribution >= 0.6 is 0 Å². The number of aliphatic imine (C=N–C) groups is 1. The average molecular weight is 401 g/mol. The predicted molar refractivity (Wildman–Crippen MR) is 119 cm³/mol. The zero-order valence-corrected chi connectivity index (χ0v) is 18.0. The van der Waals surface area contributed by atoms with Crippen molar-refractivity contribution in [2.75, 3.05) is 53.6 Å². The van der Waals surface area contributed by atoms with E-state index in [0.29, 0.717) is 6.04 Å². The number of hydrogen-bond acceptors (Lipinski definition) is 4. The standard InChI is InChI=1S/C23H36N4O2/c1-24-23(25-13-10-19-11-16-29-17-12-19)26-18-22(27-14-4-3-5-15-27)20-6-8-21(28-2)9-7-20/h6-9,11,22H,3-5,10,12-18H2,1-2H3,(H2,24,25,26). The van der Waals surface area contributed by atoms with E-state index in [1.165, 1.54) is 30.4 Å². The smallest absolute Gasteiger partial charge is 0.191 e. The molecular formula is C23H36N4O2. The molecule has 0 amide bonds. The van der Waals surface area contributed by atoms with Crippen molar-refractivity contribution in [3.8, 4) is 5.75 Å². The summed E-state index contributed by atoms with van der Waals surface area (Å²) in [7, 11) is 3.55. The van der Waals surface area contributed by atoms with Crippen LogP contribution in [-0.4, -0.2) is 64.4 Å². The highest BCUT2D eigenvalue weighted by atomic mass is 16.5. The molecule has 2 aliphatic heterocycles. The SMILES string of the molecule is CN=C(NCCC1=CCOCC1)NCC(c1ccc(OC)cc1)N1CCCCC1. The molecule has 1 aromatic rings. The first-order valence-electron chi connectivity index (χ1n) is 10.9. The molecule has 160 valence electrons. The Hall–Kier alpha value is -2.05. The van der Waals surface area contributed by atoms with Crippen LogP contribution in [0.1, 0.15) is 43.7 Å². The Morgan fingerprint density at radius 1 is 1.17 bits per heavy atom. The minimum Gasteiger partial charge on any atom is -0.497 e. The van der Waals surface area contributed by atoms with Crippen LogP contribution in [0.25, 0.3) is 0 Å².